The van der Waals surface area contributed by atoms with E-state index in [1.54, 1.807) is 18.3 Å². The number of amides is 3. The molecule has 1 aromatic carbocycles. The second kappa shape index (κ2) is 5.36. The van der Waals surface area contributed by atoms with E-state index in [0.29, 0.717) is 4.90 Å². The molecule has 0 aromatic heterocycles. The molecule has 1 N–H and O–H groups in total. The van der Waals surface area contributed by atoms with Gasteiger partial charge in [0.25, 0.3) is 5.91 Å². The average molecular weight is 302 g/mol. The van der Waals surface area contributed by atoms with Crippen LogP contribution < -0.4 is 10.2 Å². The van der Waals surface area contributed by atoms with Gasteiger partial charge < -0.3 is 4.74 Å². The van der Waals surface area contributed by atoms with Crippen LogP contribution in [-0.2, 0) is 9.53 Å². The molecule has 1 aliphatic rings. The molecule has 1 atom stereocenters. The van der Waals surface area contributed by atoms with E-state index >= 15 is 0 Å². The molecule has 0 bridgehead atoms. The Labute approximate surface area is 118 Å². The third-order valence-electron chi connectivity index (χ3n) is 2.93. The number of benzene rings is 1. The van der Waals surface area contributed by atoms with Gasteiger partial charge in [0.1, 0.15) is 0 Å². The molecular weight excluding hydrogens is 289 g/mol. The smallest absolute Gasteiger partial charge is 0.340 e. The van der Waals surface area contributed by atoms with E-state index in [9.17, 15) is 22.8 Å². The third kappa shape index (κ3) is 2.46. The Morgan fingerprint density at radius 2 is 1.86 bits per heavy atom. The van der Waals surface area contributed by atoms with Crippen LogP contribution in [0.3, 0.4) is 0 Å². The van der Waals surface area contributed by atoms with Crippen molar-refractivity contribution in [3.05, 3.63) is 30.3 Å². The lowest BCUT2D eigenvalue weighted by atomic mass is 10.2. The van der Waals surface area contributed by atoms with Gasteiger partial charge in [-0.3, -0.25) is 10.1 Å². The van der Waals surface area contributed by atoms with Gasteiger partial charge in [-0.25, -0.2) is 9.69 Å². The molecule has 1 heterocycles. The lowest BCUT2D eigenvalue weighted by Crippen LogP contribution is -2.60. The number of rotatable bonds is 4. The molecule has 0 radical (unpaired) electrons. The molecular formula is C13H13F3N2O3. The summed E-state index contributed by atoms with van der Waals surface area (Å²) < 4.78 is 44.5. The number of anilines is 1. The molecule has 2 rings (SSSR count). The van der Waals surface area contributed by atoms with E-state index in [1.807, 2.05) is 0 Å². The van der Waals surface area contributed by atoms with Crippen molar-refractivity contribution in [2.24, 2.45) is 0 Å². The molecule has 5 nitrogen and oxygen atoms in total. The van der Waals surface area contributed by atoms with Crippen molar-refractivity contribution in [1.29, 1.82) is 0 Å². The van der Waals surface area contributed by atoms with Gasteiger partial charge in [-0.2, -0.15) is 13.2 Å². The molecule has 0 aliphatic carbocycles. The highest BCUT2D eigenvalue weighted by molar-refractivity contribution is 6.23. The first kappa shape index (κ1) is 15.3. The van der Waals surface area contributed by atoms with Crippen molar-refractivity contribution in [3.63, 3.8) is 0 Å². The van der Waals surface area contributed by atoms with Crippen molar-refractivity contribution < 1.29 is 27.5 Å². The predicted octanol–water partition coefficient (Wildman–Crippen LogP) is 2.43. The summed E-state index contributed by atoms with van der Waals surface area (Å²) in [5, 5.41) is 1.63. The monoisotopic (exact) mass is 302 g/mol. The van der Waals surface area contributed by atoms with Crippen molar-refractivity contribution in [2.45, 2.75) is 25.2 Å². The normalized spacial score (nSPS) is 22.6. The topological polar surface area (TPSA) is 58.6 Å². The number of carbonyl (C=O) groups is 2. The van der Waals surface area contributed by atoms with Gasteiger partial charge in [-0.1, -0.05) is 25.1 Å². The van der Waals surface area contributed by atoms with Crippen LogP contribution in [0, 0.1) is 0 Å². The third-order valence-corrected chi connectivity index (χ3v) is 2.93. The Kier molecular flexibility index (Phi) is 3.91. The first-order valence-corrected chi connectivity index (χ1v) is 6.26. The van der Waals surface area contributed by atoms with Crippen molar-refractivity contribution in [1.82, 2.24) is 5.32 Å². The lowest BCUT2D eigenvalue weighted by Gasteiger charge is -2.28. The molecule has 1 unspecified atom stereocenters. The van der Waals surface area contributed by atoms with Crippen molar-refractivity contribution >= 4 is 17.6 Å². The largest absolute Gasteiger partial charge is 0.446 e. The number of hydrogen-bond acceptors (Lipinski definition) is 3. The molecule has 1 saturated heterocycles. The van der Waals surface area contributed by atoms with Crippen LogP contribution >= 0.6 is 0 Å². The minimum atomic E-state index is -5.06. The summed E-state index contributed by atoms with van der Waals surface area (Å²) in [7, 11) is 0. The number of alkyl halides is 3. The summed E-state index contributed by atoms with van der Waals surface area (Å²) in [5.41, 5.74) is -3.28. The Morgan fingerprint density at radius 3 is 2.38 bits per heavy atom. The molecule has 1 aliphatic heterocycles. The molecule has 3 amide bonds. The molecule has 1 aromatic rings. The van der Waals surface area contributed by atoms with Crippen LogP contribution in [0.15, 0.2) is 30.3 Å². The second-order valence-electron chi connectivity index (χ2n) is 4.43. The van der Waals surface area contributed by atoms with E-state index in [4.69, 9.17) is 4.74 Å². The SMILES string of the molecule is CCCOC1(C(F)(F)F)NC(=O)N(c2ccccc2)C1=O. The van der Waals surface area contributed by atoms with Crippen LogP contribution in [0.4, 0.5) is 23.7 Å². The summed E-state index contributed by atoms with van der Waals surface area (Å²) in [6, 6.07) is 6.20. The number of carbonyl (C=O) groups excluding carboxylic acids is 2. The first-order valence-electron chi connectivity index (χ1n) is 6.26. The van der Waals surface area contributed by atoms with Gasteiger partial charge in [0.05, 0.1) is 12.3 Å². The summed E-state index contributed by atoms with van der Waals surface area (Å²) in [6.45, 7) is 1.29. The Morgan fingerprint density at radius 1 is 1.24 bits per heavy atom. The number of urea groups is 1. The fraction of sp³-hybridized carbons (Fsp3) is 0.385. The molecule has 21 heavy (non-hydrogen) atoms. The zero-order valence-electron chi connectivity index (χ0n) is 11.1. The predicted molar refractivity (Wildman–Crippen MR) is 67.5 cm³/mol. The minimum Gasteiger partial charge on any atom is -0.340 e. The minimum absolute atomic E-state index is 0.0474. The number of imide groups is 1. The summed E-state index contributed by atoms with van der Waals surface area (Å²) in [4.78, 5) is 24.4. The van der Waals surface area contributed by atoms with Gasteiger partial charge in [0.15, 0.2) is 0 Å². The van der Waals surface area contributed by atoms with Gasteiger partial charge in [0.2, 0.25) is 0 Å². The molecule has 114 valence electrons. The van der Waals surface area contributed by atoms with Crippen LogP contribution in [0.2, 0.25) is 0 Å². The van der Waals surface area contributed by atoms with E-state index < -0.39 is 23.8 Å². The van der Waals surface area contributed by atoms with E-state index in [2.05, 4.69) is 0 Å². The zero-order chi connectivity index (χ0) is 15.7. The number of nitrogens with zero attached hydrogens (tertiary/aromatic N) is 1. The number of halogens is 3. The average Bonchev–Trinajstić information content (AvgIpc) is 2.69. The Bertz CT molecular complexity index is 547. The van der Waals surface area contributed by atoms with Gasteiger partial charge >= 0.3 is 17.9 Å². The zero-order valence-corrected chi connectivity index (χ0v) is 11.1. The van der Waals surface area contributed by atoms with Crippen LogP contribution in [0.5, 0.6) is 0 Å². The highest BCUT2D eigenvalue weighted by Gasteiger charge is 2.69. The highest BCUT2D eigenvalue weighted by atomic mass is 19.4. The van der Waals surface area contributed by atoms with E-state index in [0.717, 1.165) is 0 Å². The number of ether oxygens (including phenoxy) is 1. The summed E-state index contributed by atoms with van der Waals surface area (Å²) in [6.07, 6.45) is -4.79. The van der Waals surface area contributed by atoms with Gasteiger partial charge in [-0.05, 0) is 18.6 Å². The van der Waals surface area contributed by atoms with E-state index in [1.165, 1.54) is 24.3 Å². The molecule has 0 spiro atoms. The molecule has 8 heteroatoms. The maximum Gasteiger partial charge on any atom is 0.446 e. The van der Waals surface area contributed by atoms with Crippen LogP contribution in [0.1, 0.15) is 13.3 Å². The maximum atomic E-state index is 13.3. The van der Waals surface area contributed by atoms with Crippen LogP contribution in [-0.4, -0.2) is 30.4 Å². The standard InChI is InChI=1S/C13H13F3N2O3/c1-2-8-21-12(13(14,15)16)10(19)18(11(20)17-12)9-6-4-3-5-7-9/h3-7H,2,8H2,1H3,(H,17,20). The lowest BCUT2D eigenvalue weighted by molar-refractivity contribution is -0.269. The number of nitrogens with one attached hydrogen (secondary N) is 1. The summed E-state index contributed by atoms with van der Waals surface area (Å²) >= 11 is 0. The number of para-hydroxylation sites is 1. The fourth-order valence-corrected chi connectivity index (χ4v) is 1.95. The molecule has 1 fully saturated rings. The highest BCUT2D eigenvalue weighted by Crippen LogP contribution is 2.38. The molecule has 0 saturated carbocycles. The summed E-state index contributed by atoms with van der Waals surface area (Å²) in [5.74, 6) is -1.49. The Balaban J connectivity index is 2.42. The fourth-order valence-electron chi connectivity index (χ4n) is 1.95. The van der Waals surface area contributed by atoms with Crippen molar-refractivity contribution in [3.8, 4) is 0 Å². The van der Waals surface area contributed by atoms with Crippen molar-refractivity contribution in [2.75, 3.05) is 11.5 Å². The van der Waals surface area contributed by atoms with Gasteiger partial charge in [0, 0.05) is 0 Å². The second-order valence-corrected chi connectivity index (χ2v) is 4.43. The Hall–Kier alpha value is -2.09. The maximum absolute atomic E-state index is 13.3. The first-order chi connectivity index (χ1) is 9.83. The van der Waals surface area contributed by atoms with Crippen LogP contribution in [0.25, 0.3) is 0 Å². The quantitative estimate of drug-likeness (QED) is 0.869. The van der Waals surface area contributed by atoms with Gasteiger partial charge in [-0.15, -0.1) is 0 Å². The van der Waals surface area contributed by atoms with E-state index in [-0.39, 0.29) is 18.7 Å². The number of hydrogen-bond donors (Lipinski definition) is 1.